The van der Waals surface area contributed by atoms with Crippen LogP contribution >= 0.6 is 24.0 Å². The van der Waals surface area contributed by atoms with E-state index >= 15 is 0 Å². The van der Waals surface area contributed by atoms with Crippen molar-refractivity contribution in [2.24, 2.45) is 4.99 Å². The molecule has 0 radical (unpaired) electrons. The summed E-state index contributed by atoms with van der Waals surface area (Å²) in [4.78, 5) is 16.4. The molecule has 1 aromatic heterocycles. The Hall–Kier alpha value is -3.01. The lowest BCUT2D eigenvalue weighted by Gasteiger charge is -2.14. The third kappa shape index (κ3) is 7.02. The van der Waals surface area contributed by atoms with E-state index in [-0.39, 0.29) is 35.6 Å². The van der Waals surface area contributed by atoms with Gasteiger partial charge in [-0.1, -0.05) is 24.3 Å². The van der Waals surface area contributed by atoms with E-state index < -0.39 is 0 Å². The third-order valence-corrected chi connectivity index (χ3v) is 4.50. The number of halogens is 1. The van der Waals surface area contributed by atoms with E-state index in [0.29, 0.717) is 24.7 Å². The Bertz CT molecular complexity index is 1020. The zero-order chi connectivity index (χ0) is 21.3. The van der Waals surface area contributed by atoms with E-state index in [0.717, 1.165) is 22.4 Å². The average molecular weight is 534 g/mol. The van der Waals surface area contributed by atoms with Crippen LogP contribution in [-0.4, -0.2) is 26.0 Å². The van der Waals surface area contributed by atoms with Gasteiger partial charge in [-0.2, -0.15) is 0 Å². The topological polar surface area (TPSA) is 87.9 Å². The Morgan fingerprint density at radius 2 is 1.87 bits per heavy atom. The van der Waals surface area contributed by atoms with Crippen molar-refractivity contribution in [1.29, 1.82) is 0 Å². The summed E-state index contributed by atoms with van der Waals surface area (Å²) < 4.78 is 10.6. The molecule has 2 aromatic carbocycles. The number of hydrogen-bond acceptors (Lipinski definition) is 4. The van der Waals surface area contributed by atoms with Crippen molar-refractivity contribution < 1.29 is 13.9 Å². The van der Waals surface area contributed by atoms with Crippen LogP contribution in [0.15, 0.2) is 70.3 Å². The van der Waals surface area contributed by atoms with E-state index in [4.69, 9.17) is 9.15 Å². The minimum atomic E-state index is -0.283. The molecule has 0 aliphatic heterocycles. The number of nitrogens with one attached hydrogen (secondary N) is 3. The number of amides is 1. The number of hydrogen-bond donors (Lipinski definition) is 3. The summed E-state index contributed by atoms with van der Waals surface area (Å²) in [6, 6.07) is 17.0. The summed E-state index contributed by atoms with van der Waals surface area (Å²) in [6.45, 7) is 3.17. The summed E-state index contributed by atoms with van der Waals surface area (Å²) in [6.07, 6.45) is 1.47. The van der Waals surface area contributed by atoms with Crippen LogP contribution in [0.2, 0.25) is 0 Å². The zero-order valence-corrected chi connectivity index (χ0v) is 20.1. The number of methoxy groups -OCH3 is 1. The number of carbonyl (C=O) groups excluding carboxylic acids is 1. The van der Waals surface area contributed by atoms with Crippen molar-refractivity contribution in [2.75, 3.05) is 19.5 Å². The Kier molecular flexibility index (Phi) is 9.39. The maximum atomic E-state index is 12.1. The number of ether oxygens (including phenoxy) is 1. The molecule has 31 heavy (non-hydrogen) atoms. The molecule has 0 saturated carbocycles. The molecule has 1 amide bonds. The van der Waals surface area contributed by atoms with Gasteiger partial charge in [0.2, 0.25) is 0 Å². The quantitative estimate of drug-likeness (QED) is 0.239. The lowest BCUT2D eigenvalue weighted by atomic mass is 10.1. The SMILES string of the molecule is CN=C(NCc1cccc(NC(=O)c2ccco2)c1)NCc1ccc(C)cc1OC.I. The normalized spacial score (nSPS) is 10.7. The van der Waals surface area contributed by atoms with Crippen LogP contribution < -0.4 is 20.7 Å². The molecule has 0 aliphatic carbocycles. The molecule has 3 N–H and O–H groups in total. The first-order chi connectivity index (χ1) is 14.6. The molecule has 8 heteroatoms. The zero-order valence-electron chi connectivity index (χ0n) is 17.8. The summed E-state index contributed by atoms with van der Waals surface area (Å²) in [5.41, 5.74) is 3.90. The van der Waals surface area contributed by atoms with Gasteiger partial charge in [-0.25, -0.2) is 0 Å². The first kappa shape index (κ1) is 24.3. The highest BCUT2D eigenvalue weighted by molar-refractivity contribution is 14.0. The second kappa shape index (κ2) is 12.0. The van der Waals surface area contributed by atoms with Crippen molar-refractivity contribution in [3.05, 3.63) is 83.3 Å². The molecule has 0 fully saturated rings. The van der Waals surface area contributed by atoms with Crippen LogP contribution in [0.4, 0.5) is 5.69 Å². The highest BCUT2D eigenvalue weighted by Crippen LogP contribution is 2.19. The maximum absolute atomic E-state index is 12.1. The van der Waals surface area contributed by atoms with Gasteiger partial charge in [0.1, 0.15) is 5.75 Å². The fourth-order valence-electron chi connectivity index (χ4n) is 2.94. The molecule has 0 atom stereocenters. The molecule has 0 spiro atoms. The molecule has 3 rings (SSSR count). The minimum absolute atomic E-state index is 0. The predicted octanol–water partition coefficient (Wildman–Crippen LogP) is 4.33. The Morgan fingerprint density at radius 1 is 1.06 bits per heavy atom. The van der Waals surface area contributed by atoms with Gasteiger partial charge in [0.15, 0.2) is 11.7 Å². The van der Waals surface area contributed by atoms with Gasteiger partial charge < -0.3 is 25.1 Å². The first-order valence-corrected chi connectivity index (χ1v) is 9.61. The van der Waals surface area contributed by atoms with Crippen LogP contribution in [0.5, 0.6) is 5.75 Å². The van der Waals surface area contributed by atoms with Crippen molar-refractivity contribution >= 4 is 41.5 Å². The van der Waals surface area contributed by atoms with Crippen molar-refractivity contribution in [2.45, 2.75) is 20.0 Å². The number of furan rings is 1. The molecule has 0 aliphatic rings. The number of aliphatic imine (C=N–C) groups is 1. The van der Waals surface area contributed by atoms with Gasteiger partial charge >= 0.3 is 0 Å². The predicted molar refractivity (Wildman–Crippen MR) is 133 cm³/mol. The number of guanidine groups is 1. The summed E-state index contributed by atoms with van der Waals surface area (Å²) in [5.74, 6) is 1.50. The molecule has 0 bridgehead atoms. The molecule has 0 unspecified atom stereocenters. The highest BCUT2D eigenvalue weighted by atomic mass is 127. The van der Waals surface area contributed by atoms with Crippen LogP contribution in [0.1, 0.15) is 27.2 Å². The molecular weight excluding hydrogens is 507 g/mol. The van der Waals surface area contributed by atoms with Crippen LogP contribution in [-0.2, 0) is 13.1 Å². The van der Waals surface area contributed by atoms with Crippen LogP contribution in [0.3, 0.4) is 0 Å². The maximum Gasteiger partial charge on any atom is 0.291 e. The number of anilines is 1. The Labute approximate surface area is 199 Å². The molecule has 164 valence electrons. The summed E-state index contributed by atoms with van der Waals surface area (Å²) >= 11 is 0. The molecule has 0 saturated heterocycles. The number of benzene rings is 2. The van der Waals surface area contributed by atoms with Gasteiger partial charge in [0, 0.05) is 31.4 Å². The van der Waals surface area contributed by atoms with E-state index in [1.165, 1.54) is 6.26 Å². The number of carbonyl (C=O) groups is 1. The largest absolute Gasteiger partial charge is 0.496 e. The van der Waals surface area contributed by atoms with Crippen molar-refractivity contribution in [3.63, 3.8) is 0 Å². The Balaban J connectivity index is 0.00000341. The highest BCUT2D eigenvalue weighted by Gasteiger charge is 2.09. The summed E-state index contributed by atoms with van der Waals surface area (Å²) in [5, 5.41) is 9.40. The van der Waals surface area contributed by atoms with Crippen LogP contribution in [0.25, 0.3) is 0 Å². The minimum Gasteiger partial charge on any atom is -0.496 e. The van der Waals surface area contributed by atoms with Gasteiger partial charge in [-0.15, -0.1) is 24.0 Å². The average Bonchev–Trinajstić information content (AvgIpc) is 3.30. The van der Waals surface area contributed by atoms with Gasteiger partial charge in [0.05, 0.1) is 13.4 Å². The van der Waals surface area contributed by atoms with Gasteiger partial charge in [-0.05, 0) is 48.4 Å². The van der Waals surface area contributed by atoms with Gasteiger partial charge in [0.25, 0.3) is 5.91 Å². The van der Waals surface area contributed by atoms with Crippen molar-refractivity contribution in [3.8, 4) is 5.75 Å². The third-order valence-electron chi connectivity index (χ3n) is 4.50. The molecule has 7 nitrogen and oxygen atoms in total. The molecule has 1 heterocycles. The second-order valence-electron chi connectivity index (χ2n) is 6.73. The monoisotopic (exact) mass is 534 g/mol. The molecule has 3 aromatic rings. The molecular formula is C23H27IN4O3. The Morgan fingerprint density at radius 3 is 2.58 bits per heavy atom. The lowest BCUT2D eigenvalue weighted by molar-refractivity contribution is 0.0996. The number of nitrogens with zero attached hydrogens (tertiary/aromatic N) is 1. The smallest absolute Gasteiger partial charge is 0.291 e. The summed E-state index contributed by atoms with van der Waals surface area (Å²) in [7, 11) is 3.39. The number of rotatable bonds is 7. The van der Waals surface area contributed by atoms with E-state index in [1.807, 2.05) is 43.3 Å². The standard InChI is InChI=1S/C23H26N4O3.HI/c1-16-9-10-18(21(12-16)29-3)15-26-23(24-2)25-14-17-6-4-7-19(13-17)27-22(28)20-8-5-11-30-20;/h4-13H,14-15H2,1-3H3,(H,27,28)(H2,24,25,26);1H. The van der Waals surface area contributed by atoms with E-state index in [2.05, 4.69) is 27.0 Å². The van der Waals surface area contributed by atoms with Gasteiger partial charge in [-0.3, -0.25) is 9.79 Å². The first-order valence-electron chi connectivity index (χ1n) is 9.61. The van der Waals surface area contributed by atoms with E-state index in [9.17, 15) is 4.79 Å². The number of aryl methyl sites for hydroxylation is 1. The van der Waals surface area contributed by atoms with Crippen molar-refractivity contribution in [1.82, 2.24) is 10.6 Å². The fourth-order valence-corrected chi connectivity index (χ4v) is 2.94. The fraction of sp³-hybridized carbons (Fsp3) is 0.217. The second-order valence-corrected chi connectivity index (χ2v) is 6.73. The van der Waals surface area contributed by atoms with E-state index in [1.54, 1.807) is 26.3 Å². The lowest BCUT2D eigenvalue weighted by Crippen LogP contribution is -2.36. The van der Waals surface area contributed by atoms with Crippen LogP contribution in [0, 0.1) is 6.92 Å².